The molecule has 0 aliphatic carbocycles. The summed E-state index contributed by atoms with van der Waals surface area (Å²) in [5.74, 6) is 0. The summed E-state index contributed by atoms with van der Waals surface area (Å²) in [5.41, 5.74) is 2.41. The zero-order valence-corrected chi connectivity index (χ0v) is 13.1. The van der Waals surface area contributed by atoms with Gasteiger partial charge in [-0.3, -0.25) is 0 Å². The lowest BCUT2D eigenvalue weighted by Gasteiger charge is -2.09. The first kappa shape index (κ1) is 13.3. The van der Waals surface area contributed by atoms with E-state index in [0.29, 0.717) is 12.2 Å². The van der Waals surface area contributed by atoms with Gasteiger partial charge in [-0.15, -0.1) is 0 Å². The van der Waals surface area contributed by atoms with Gasteiger partial charge in [0.25, 0.3) is 0 Å². The minimum atomic E-state index is 0.468. The molecule has 0 radical (unpaired) electrons. The number of hydrogen-bond acceptors (Lipinski definition) is 3. The molecular formula is C13H9BrIN3. The van der Waals surface area contributed by atoms with Gasteiger partial charge in [-0.25, -0.2) is 4.98 Å². The van der Waals surface area contributed by atoms with E-state index in [1.165, 1.54) is 0 Å². The Hall–Kier alpha value is -1.13. The summed E-state index contributed by atoms with van der Waals surface area (Å²) in [5, 5.41) is 12.3. The first-order valence-corrected chi connectivity index (χ1v) is 7.11. The second-order valence-electron chi connectivity index (χ2n) is 3.60. The van der Waals surface area contributed by atoms with Crippen molar-refractivity contribution in [2.75, 3.05) is 5.32 Å². The van der Waals surface area contributed by atoms with Crippen molar-refractivity contribution in [2.45, 2.75) is 6.54 Å². The monoisotopic (exact) mass is 413 g/mol. The Morgan fingerprint density at radius 3 is 3.00 bits per heavy atom. The van der Waals surface area contributed by atoms with E-state index in [1.54, 1.807) is 6.20 Å². The first-order valence-electron chi connectivity index (χ1n) is 5.23. The molecule has 1 N–H and O–H groups in total. The van der Waals surface area contributed by atoms with Crippen LogP contribution in [0.15, 0.2) is 41.0 Å². The Morgan fingerprint density at radius 2 is 2.22 bits per heavy atom. The molecule has 1 aromatic carbocycles. The molecule has 0 amide bonds. The number of hydrogen-bond donors (Lipinski definition) is 1. The molecule has 0 unspecified atom stereocenters. The fraction of sp³-hybridized carbons (Fsp3) is 0.0769. The number of pyridine rings is 1. The fourth-order valence-electron chi connectivity index (χ4n) is 1.51. The predicted octanol–water partition coefficient (Wildman–Crippen LogP) is 3.93. The van der Waals surface area contributed by atoms with E-state index in [9.17, 15) is 0 Å². The van der Waals surface area contributed by atoms with Gasteiger partial charge in [0.2, 0.25) is 0 Å². The van der Waals surface area contributed by atoms with Crippen LogP contribution in [-0.4, -0.2) is 4.98 Å². The summed E-state index contributed by atoms with van der Waals surface area (Å²) in [4.78, 5) is 4.04. The van der Waals surface area contributed by atoms with Crippen molar-refractivity contribution in [3.8, 4) is 6.07 Å². The molecule has 0 saturated heterocycles. The van der Waals surface area contributed by atoms with E-state index in [1.807, 2.05) is 30.3 Å². The summed E-state index contributed by atoms with van der Waals surface area (Å²) in [6.45, 7) is 0.586. The molecule has 3 nitrogen and oxygen atoms in total. The number of benzene rings is 1. The van der Waals surface area contributed by atoms with Crippen molar-refractivity contribution < 1.29 is 0 Å². The van der Waals surface area contributed by atoms with E-state index in [4.69, 9.17) is 5.26 Å². The van der Waals surface area contributed by atoms with E-state index in [2.05, 4.69) is 54.9 Å². The average molecular weight is 414 g/mol. The number of rotatable bonds is 3. The molecule has 2 aromatic rings. The van der Waals surface area contributed by atoms with Gasteiger partial charge in [0.15, 0.2) is 0 Å². The maximum absolute atomic E-state index is 8.97. The minimum Gasteiger partial charge on any atom is -0.380 e. The summed E-state index contributed by atoms with van der Waals surface area (Å²) in [6.07, 6.45) is 1.63. The van der Waals surface area contributed by atoms with Crippen LogP contribution in [0.2, 0.25) is 0 Å². The summed E-state index contributed by atoms with van der Waals surface area (Å²) in [6, 6.07) is 11.9. The zero-order chi connectivity index (χ0) is 13.0. The summed E-state index contributed by atoms with van der Waals surface area (Å²) < 4.78 is 2.16. The Bertz CT molecular complexity index is 607. The van der Waals surface area contributed by atoms with Gasteiger partial charge >= 0.3 is 0 Å². The lowest BCUT2D eigenvalue weighted by molar-refractivity contribution is 1.09. The van der Waals surface area contributed by atoms with Crippen LogP contribution in [-0.2, 0) is 6.54 Å². The largest absolute Gasteiger partial charge is 0.380 e. The number of nitriles is 1. The van der Waals surface area contributed by atoms with Crippen LogP contribution in [0, 0.1) is 14.9 Å². The molecular weight excluding hydrogens is 405 g/mol. The number of nitrogens with zero attached hydrogens (tertiary/aromatic N) is 2. The Balaban J connectivity index is 2.17. The van der Waals surface area contributed by atoms with Crippen LogP contribution >= 0.6 is 38.5 Å². The Labute approximate surface area is 128 Å². The second-order valence-corrected chi connectivity index (χ2v) is 5.68. The summed E-state index contributed by atoms with van der Waals surface area (Å²) in [7, 11) is 0. The van der Waals surface area contributed by atoms with Crippen LogP contribution in [0.1, 0.15) is 11.3 Å². The van der Waals surface area contributed by atoms with Gasteiger partial charge in [0.1, 0.15) is 11.8 Å². The summed E-state index contributed by atoms with van der Waals surface area (Å²) >= 11 is 5.72. The lowest BCUT2D eigenvalue weighted by atomic mass is 10.2. The van der Waals surface area contributed by atoms with Crippen molar-refractivity contribution in [1.29, 1.82) is 5.26 Å². The van der Waals surface area contributed by atoms with Gasteiger partial charge < -0.3 is 5.32 Å². The van der Waals surface area contributed by atoms with Gasteiger partial charge in [-0.2, -0.15) is 5.26 Å². The van der Waals surface area contributed by atoms with Gasteiger partial charge in [0, 0.05) is 32.0 Å². The van der Waals surface area contributed by atoms with E-state index < -0.39 is 0 Å². The molecule has 0 spiro atoms. The van der Waals surface area contributed by atoms with Gasteiger partial charge in [0.05, 0.1) is 0 Å². The molecule has 0 aliphatic rings. The van der Waals surface area contributed by atoms with Crippen LogP contribution in [0.3, 0.4) is 0 Å². The maximum atomic E-state index is 8.97. The number of halogens is 2. The maximum Gasteiger partial charge on any atom is 0.145 e. The number of anilines is 1. The van der Waals surface area contributed by atoms with Crippen molar-refractivity contribution in [3.05, 3.63) is 55.8 Å². The van der Waals surface area contributed by atoms with E-state index in [0.717, 1.165) is 19.3 Å². The molecule has 0 fully saturated rings. The normalized spacial score (nSPS) is 9.83. The molecule has 1 aromatic heterocycles. The highest BCUT2D eigenvalue weighted by molar-refractivity contribution is 14.1. The Morgan fingerprint density at radius 1 is 1.39 bits per heavy atom. The van der Waals surface area contributed by atoms with Gasteiger partial charge in [-0.05, 0) is 46.9 Å². The topological polar surface area (TPSA) is 48.7 Å². The first-order chi connectivity index (χ1) is 8.70. The molecule has 2 rings (SSSR count). The third kappa shape index (κ3) is 3.21. The number of nitrogens with one attached hydrogen (secondary N) is 1. The smallest absolute Gasteiger partial charge is 0.145 e. The lowest BCUT2D eigenvalue weighted by Crippen LogP contribution is -2.03. The standard InChI is InChI=1S/C13H9BrIN3/c14-10-3-4-11(15)12(6-10)18-8-9-2-1-5-17-13(9)7-16/h1-6,18H,8H2. The quantitative estimate of drug-likeness (QED) is 0.775. The fourth-order valence-corrected chi connectivity index (χ4v) is 2.39. The predicted molar refractivity (Wildman–Crippen MR) is 83.1 cm³/mol. The highest BCUT2D eigenvalue weighted by Gasteiger charge is 2.04. The van der Waals surface area contributed by atoms with E-state index >= 15 is 0 Å². The molecule has 90 valence electrons. The molecule has 0 saturated carbocycles. The molecule has 1 heterocycles. The van der Waals surface area contributed by atoms with Crippen molar-refractivity contribution in [1.82, 2.24) is 4.98 Å². The molecule has 0 aliphatic heterocycles. The second kappa shape index (κ2) is 6.16. The number of aromatic nitrogens is 1. The third-order valence-corrected chi connectivity index (χ3v) is 3.83. The van der Waals surface area contributed by atoms with Crippen molar-refractivity contribution in [2.24, 2.45) is 0 Å². The van der Waals surface area contributed by atoms with Crippen LogP contribution in [0.5, 0.6) is 0 Å². The Kier molecular flexibility index (Phi) is 4.55. The van der Waals surface area contributed by atoms with E-state index in [-0.39, 0.29) is 0 Å². The van der Waals surface area contributed by atoms with Gasteiger partial charge in [-0.1, -0.05) is 22.0 Å². The molecule has 0 atom stereocenters. The minimum absolute atomic E-state index is 0.468. The van der Waals surface area contributed by atoms with Crippen LogP contribution in [0.25, 0.3) is 0 Å². The molecule has 0 bridgehead atoms. The SMILES string of the molecule is N#Cc1ncccc1CNc1cc(Br)ccc1I. The average Bonchev–Trinajstić information content (AvgIpc) is 2.40. The van der Waals surface area contributed by atoms with Crippen LogP contribution in [0.4, 0.5) is 5.69 Å². The van der Waals surface area contributed by atoms with Crippen molar-refractivity contribution in [3.63, 3.8) is 0 Å². The van der Waals surface area contributed by atoms with Crippen LogP contribution < -0.4 is 5.32 Å². The molecule has 5 heteroatoms. The molecule has 18 heavy (non-hydrogen) atoms. The highest BCUT2D eigenvalue weighted by Crippen LogP contribution is 2.23. The zero-order valence-electron chi connectivity index (χ0n) is 9.32. The highest BCUT2D eigenvalue weighted by atomic mass is 127. The van der Waals surface area contributed by atoms with Crippen molar-refractivity contribution >= 4 is 44.2 Å². The third-order valence-electron chi connectivity index (χ3n) is 2.39.